The standard InChI is InChI=1S/C19H25N3O5/c23-15(20-1-3-27-4-2-20)11-21-16(24)17(25)22(18(21)26)19-8-12-5-13(9-19)7-14(6-12)10-19/h12-14H,1-11H2. The Labute approximate surface area is 157 Å². The number of carbonyl (C=O) groups excluding carboxylic acids is 4. The number of imide groups is 2. The highest BCUT2D eigenvalue weighted by Gasteiger charge is 2.61. The molecular formula is C19H25N3O5. The fraction of sp³-hybridized carbons (Fsp3) is 0.789. The number of amides is 5. The molecule has 0 aromatic rings. The van der Waals surface area contributed by atoms with Gasteiger partial charge in [-0.3, -0.25) is 14.4 Å². The van der Waals surface area contributed by atoms with Gasteiger partial charge in [0.2, 0.25) is 5.91 Å². The zero-order valence-electron chi connectivity index (χ0n) is 15.4. The van der Waals surface area contributed by atoms with Crippen LogP contribution in [0.15, 0.2) is 0 Å². The van der Waals surface area contributed by atoms with E-state index in [1.54, 1.807) is 4.90 Å². The van der Waals surface area contributed by atoms with Crippen LogP contribution < -0.4 is 0 Å². The van der Waals surface area contributed by atoms with Gasteiger partial charge in [-0.1, -0.05) is 0 Å². The van der Waals surface area contributed by atoms with Gasteiger partial charge in [0.25, 0.3) is 0 Å². The number of hydrogen-bond acceptors (Lipinski definition) is 5. The van der Waals surface area contributed by atoms with E-state index in [9.17, 15) is 19.2 Å². The SMILES string of the molecule is O=C(CN1C(=O)C(=O)N(C23CC4CC(CC(C4)C2)C3)C1=O)N1CCOCC1. The Morgan fingerprint density at radius 2 is 1.48 bits per heavy atom. The topological polar surface area (TPSA) is 87.2 Å². The average molecular weight is 375 g/mol. The predicted molar refractivity (Wildman–Crippen MR) is 92.3 cm³/mol. The van der Waals surface area contributed by atoms with Crippen LogP contribution >= 0.6 is 0 Å². The summed E-state index contributed by atoms with van der Waals surface area (Å²) in [4.78, 5) is 54.6. The molecule has 0 N–H and O–H groups in total. The van der Waals surface area contributed by atoms with E-state index in [1.807, 2.05) is 0 Å². The third-order valence-corrected chi connectivity index (χ3v) is 7.19. The summed E-state index contributed by atoms with van der Waals surface area (Å²) < 4.78 is 5.23. The van der Waals surface area contributed by atoms with Gasteiger partial charge >= 0.3 is 17.8 Å². The Kier molecular flexibility index (Phi) is 3.83. The average Bonchev–Trinajstić information content (AvgIpc) is 2.85. The molecule has 4 aliphatic carbocycles. The number of hydrogen-bond donors (Lipinski definition) is 0. The van der Waals surface area contributed by atoms with Crippen molar-refractivity contribution < 1.29 is 23.9 Å². The maximum Gasteiger partial charge on any atom is 0.335 e. The maximum absolute atomic E-state index is 13.1. The first kappa shape index (κ1) is 17.2. The summed E-state index contributed by atoms with van der Waals surface area (Å²) in [5, 5.41) is 0. The summed E-state index contributed by atoms with van der Waals surface area (Å²) in [6, 6.07) is -0.589. The number of ether oxygens (including phenoxy) is 1. The van der Waals surface area contributed by atoms with Crippen molar-refractivity contribution in [3.05, 3.63) is 0 Å². The van der Waals surface area contributed by atoms with Crippen LogP contribution in [0.1, 0.15) is 38.5 Å². The summed E-state index contributed by atoms with van der Waals surface area (Å²) >= 11 is 0. The van der Waals surface area contributed by atoms with Crippen molar-refractivity contribution in [1.29, 1.82) is 0 Å². The molecule has 6 fully saturated rings. The number of carbonyl (C=O) groups is 4. The van der Waals surface area contributed by atoms with Crippen LogP contribution in [0.5, 0.6) is 0 Å². The number of morpholine rings is 1. The third-order valence-electron chi connectivity index (χ3n) is 7.19. The lowest BCUT2D eigenvalue weighted by atomic mass is 9.52. The van der Waals surface area contributed by atoms with Crippen LogP contribution in [0.25, 0.3) is 0 Å². The Morgan fingerprint density at radius 3 is 2.04 bits per heavy atom. The molecular weight excluding hydrogens is 350 g/mol. The van der Waals surface area contributed by atoms with Gasteiger partial charge in [-0.05, 0) is 56.3 Å². The van der Waals surface area contributed by atoms with E-state index in [4.69, 9.17) is 4.74 Å². The molecule has 0 spiro atoms. The second-order valence-corrected chi connectivity index (χ2v) is 8.95. The van der Waals surface area contributed by atoms with Crippen molar-refractivity contribution in [1.82, 2.24) is 14.7 Å². The van der Waals surface area contributed by atoms with Gasteiger partial charge in [0.05, 0.1) is 18.8 Å². The summed E-state index contributed by atoms with van der Waals surface area (Å²) in [6.45, 7) is 1.44. The Balaban J connectivity index is 1.36. The van der Waals surface area contributed by atoms with Crippen LogP contribution in [-0.4, -0.2) is 76.8 Å². The van der Waals surface area contributed by atoms with E-state index in [2.05, 4.69) is 0 Å². The maximum atomic E-state index is 13.1. The van der Waals surface area contributed by atoms with Crippen LogP contribution in [0.3, 0.4) is 0 Å². The van der Waals surface area contributed by atoms with Crippen molar-refractivity contribution in [2.24, 2.45) is 17.8 Å². The zero-order valence-corrected chi connectivity index (χ0v) is 15.4. The van der Waals surface area contributed by atoms with Gasteiger partial charge in [-0.2, -0.15) is 0 Å². The predicted octanol–water partition coefficient (Wildman–Crippen LogP) is 0.605. The minimum absolute atomic E-state index is 0.305. The van der Waals surface area contributed by atoms with Crippen molar-refractivity contribution in [3.8, 4) is 0 Å². The molecule has 0 radical (unpaired) electrons. The van der Waals surface area contributed by atoms with Gasteiger partial charge in [0.15, 0.2) is 0 Å². The molecule has 0 atom stereocenters. The van der Waals surface area contributed by atoms with E-state index < -0.39 is 23.4 Å². The highest BCUT2D eigenvalue weighted by atomic mass is 16.5. The molecule has 2 aliphatic heterocycles. The molecule has 0 unspecified atom stereocenters. The van der Waals surface area contributed by atoms with Crippen molar-refractivity contribution in [3.63, 3.8) is 0 Å². The Morgan fingerprint density at radius 1 is 0.926 bits per heavy atom. The van der Waals surface area contributed by atoms with Gasteiger partial charge in [-0.15, -0.1) is 0 Å². The molecule has 146 valence electrons. The second-order valence-electron chi connectivity index (χ2n) is 8.95. The normalized spacial score (nSPS) is 38.3. The molecule has 8 nitrogen and oxygen atoms in total. The first-order valence-electron chi connectivity index (χ1n) is 10.0. The molecule has 27 heavy (non-hydrogen) atoms. The largest absolute Gasteiger partial charge is 0.378 e. The first-order chi connectivity index (χ1) is 13.0. The molecule has 2 heterocycles. The van der Waals surface area contributed by atoms with Crippen LogP contribution in [0.2, 0.25) is 0 Å². The van der Waals surface area contributed by atoms with E-state index in [-0.39, 0.29) is 12.5 Å². The monoisotopic (exact) mass is 375 g/mol. The van der Waals surface area contributed by atoms with E-state index in [1.165, 1.54) is 24.2 Å². The van der Waals surface area contributed by atoms with E-state index in [0.717, 1.165) is 24.2 Å². The Hall–Kier alpha value is -1.96. The fourth-order valence-electron chi connectivity index (χ4n) is 6.45. The lowest BCUT2D eigenvalue weighted by Gasteiger charge is -2.58. The van der Waals surface area contributed by atoms with Crippen molar-refractivity contribution in [2.45, 2.75) is 44.1 Å². The minimum atomic E-state index is -0.850. The van der Waals surface area contributed by atoms with Crippen LogP contribution in [0.4, 0.5) is 4.79 Å². The van der Waals surface area contributed by atoms with Crippen LogP contribution in [0, 0.1) is 17.8 Å². The smallest absolute Gasteiger partial charge is 0.335 e. The third kappa shape index (κ3) is 2.60. The molecule has 6 aliphatic rings. The lowest BCUT2D eigenvalue weighted by molar-refractivity contribution is -0.150. The lowest BCUT2D eigenvalue weighted by Crippen LogP contribution is -2.62. The minimum Gasteiger partial charge on any atom is -0.378 e. The van der Waals surface area contributed by atoms with Crippen molar-refractivity contribution in [2.75, 3.05) is 32.8 Å². The molecule has 0 aromatic heterocycles. The van der Waals surface area contributed by atoms with E-state index >= 15 is 0 Å². The summed E-state index contributed by atoms with van der Waals surface area (Å²) in [5.41, 5.74) is -0.505. The number of rotatable bonds is 3. The molecule has 4 saturated carbocycles. The quantitative estimate of drug-likeness (QED) is 0.533. The molecule has 0 aromatic carbocycles. The molecule has 6 rings (SSSR count). The number of nitrogens with zero attached hydrogens (tertiary/aromatic N) is 3. The summed E-state index contributed by atoms with van der Waals surface area (Å²) in [7, 11) is 0. The van der Waals surface area contributed by atoms with Crippen molar-refractivity contribution >= 4 is 23.8 Å². The zero-order chi connectivity index (χ0) is 18.8. The van der Waals surface area contributed by atoms with Gasteiger partial charge in [0.1, 0.15) is 6.54 Å². The van der Waals surface area contributed by atoms with Gasteiger partial charge in [-0.25, -0.2) is 14.6 Å². The first-order valence-corrected chi connectivity index (χ1v) is 10.0. The summed E-state index contributed by atoms with van der Waals surface area (Å²) in [6.07, 6.45) is 5.99. The Bertz CT molecular complexity index is 679. The fourth-order valence-corrected chi connectivity index (χ4v) is 6.45. The van der Waals surface area contributed by atoms with Crippen LogP contribution in [-0.2, 0) is 19.1 Å². The second kappa shape index (κ2) is 6.02. The van der Waals surface area contributed by atoms with Gasteiger partial charge < -0.3 is 9.64 Å². The molecule has 8 heteroatoms. The van der Waals surface area contributed by atoms with E-state index in [0.29, 0.717) is 44.1 Å². The molecule has 5 amide bonds. The highest BCUT2D eigenvalue weighted by Crippen LogP contribution is 2.58. The summed E-state index contributed by atoms with van der Waals surface area (Å²) in [5.74, 6) is -0.239. The molecule has 4 bridgehead atoms. The highest BCUT2D eigenvalue weighted by molar-refractivity contribution is 6.45. The molecule has 2 saturated heterocycles. The number of urea groups is 1. The van der Waals surface area contributed by atoms with Gasteiger partial charge in [0, 0.05) is 13.1 Å².